The van der Waals surface area contributed by atoms with Crippen molar-refractivity contribution in [2.45, 2.75) is 57.3 Å². The Morgan fingerprint density at radius 2 is 2.00 bits per heavy atom. The standard InChI is InChI=1S/C9H20OSi/c1-8(7-11)10-9(2)5-3-4-6-9/h8H,3-7H2,1-2,11H3. The highest BCUT2D eigenvalue weighted by molar-refractivity contribution is 6.08. The van der Waals surface area contributed by atoms with Crippen molar-refractivity contribution in [3.63, 3.8) is 0 Å². The molecule has 0 saturated heterocycles. The quantitative estimate of drug-likeness (QED) is 0.586. The van der Waals surface area contributed by atoms with E-state index in [1.807, 2.05) is 0 Å². The van der Waals surface area contributed by atoms with Crippen LogP contribution in [0.3, 0.4) is 0 Å². The number of hydrogen-bond donors (Lipinski definition) is 0. The van der Waals surface area contributed by atoms with Crippen molar-refractivity contribution in [1.82, 2.24) is 0 Å². The third-order valence-corrected chi connectivity index (χ3v) is 3.87. The van der Waals surface area contributed by atoms with E-state index in [2.05, 4.69) is 13.8 Å². The van der Waals surface area contributed by atoms with E-state index < -0.39 is 0 Å². The molecular formula is C9H20OSi. The molecule has 11 heavy (non-hydrogen) atoms. The molecule has 66 valence electrons. The highest BCUT2D eigenvalue weighted by Crippen LogP contribution is 2.33. The van der Waals surface area contributed by atoms with Crippen LogP contribution < -0.4 is 0 Å². The molecule has 1 nitrogen and oxygen atoms in total. The van der Waals surface area contributed by atoms with Gasteiger partial charge in [0.1, 0.15) is 0 Å². The first-order valence-electron chi connectivity index (χ1n) is 4.84. The summed E-state index contributed by atoms with van der Waals surface area (Å²) in [5.74, 6) is 0. The van der Waals surface area contributed by atoms with Crippen LogP contribution in [0.15, 0.2) is 0 Å². The van der Waals surface area contributed by atoms with E-state index in [9.17, 15) is 0 Å². The van der Waals surface area contributed by atoms with Gasteiger partial charge < -0.3 is 4.74 Å². The molecule has 0 amide bonds. The van der Waals surface area contributed by atoms with Crippen LogP contribution >= 0.6 is 0 Å². The molecule has 0 N–H and O–H groups in total. The van der Waals surface area contributed by atoms with E-state index in [0.29, 0.717) is 6.10 Å². The summed E-state index contributed by atoms with van der Waals surface area (Å²) in [4.78, 5) is 0. The minimum absolute atomic E-state index is 0.240. The largest absolute Gasteiger partial charge is 0.373 e. The van der Waals surface area contributed by atoms with Crippen molar-refractivity contribution in [2.24, 2.45) is 0 Å². The SMILES string of the molecule is CC(C[SiH3])OC1(C)CCCC1. The summed E-state index contributed by atoms with van der Waals surface area (Å²) < 4.78 is 5.98. The van der Waals surface area contributed by atoms with Crippen LogP contribution in [-0.2, 0) is 4.74 Å². The predicted molar refractivity (Wildman–Crippen MR) is 52.2 cm³/mol. The smallest absolute Gasteiger partial charge is 0.0658 e. The minimum Gasteiger partial charge on any atom is -0.373 e. The second-order valence-corrected chi connectivity index (χ2v) is 4.81. The lowest BCUT2D eigenvalue weighted by atomic mass is 10.1. The molecule has 1 atom stereocenters. The van der Waals surface area contributed by atoms with Gasteiger partial charge in [0.05, 0.1) is 11.7 Å². The summed E-state index contributed by atoms with van der Waals surface area (Å²) in [6, 6.07) is 1.27. The van der Waals surface area contributed by atoms with Gasteiger partial charge in [-0.15, -0.1) is 0 Å². The topological polar surface area (TPSA) is 9.23 Å². The van der Waals surface area contributed by atoms with E-state index in [4.69, 9.17) is 4.74 Å². The fraction of sp³-hybridized carbons (Fsp3) is 1.00. The van der Waals surface area contributed by atoms with E-state index in [1.165, 1.54) is 42.0 Å². The Labute approximate surface area is 72.9 Å². The van der Waals surface area contributed by atoms with Gasteiger partial charge >= 0.3 is 0 Å². The second-order valence-electron chi connectivity index (χ2n) is 3.99. The molecule has 0 heterocycles. The first-order chi connectivity index (χ1) is 5.16. The van der Waals surface area contributed by atoms with E-state index in [1.54, 1.807) is 0 Å². The van der Waals surface area contributed by atoms with Gasteiger partial charge in [-0.25, -0.2) is 0 Å². The fourth-order valence-electron chi connectivity index (χ4n) is 1.81. The van der Waals surface area contributed by atoms with Crippen molar-refractivity contribution in [3.05, 3.63) is 0 Å². The number of rotatable bonds is 3. The highest BCUT2D eigenvalue weighted by Gasteiger charge is 2.30. The van der Waals surface area contributed by atoms with Crippen LogP contribution in [0.25, 0.3) is 0 Å². The Morgan fingerprint density at radius 3 is 2.45 bits per heavy atom. The number of hydrogen-bond acceptors (Lipinski definition) is 1. The Kier molecular flexibility index (Phi) is 3.13. The Bertz CT molecular complexity index is 119. The average Bonchev–Trinajstić information content (AvgIpc) is 2.36. The van der Waals surface area contributed by atoms with Gasteiger partial charge in [-0.3, -0.25) is 0 Å². The Balaban J connectivity index is 2.33. The molecule has 1 aliphatic rings. The van der Waals surface area contributed by atoms with Crippen molar-refractivity contribution >= 4 is 10.2 Å². The minimum atomic E-state index is 0.240. The van der Waals surface area contributed by atoms with Crippen LogP contribution in [0.2, 0.25) is 6.04 Å². The molecule has 1 saturated carbocycles. The third-order valence-electron chi connectivity index (χ3n) is 2.72. The Hall–Kier alpha value is 0.177. The lowest BCUT2D eigenvalue weighted by Gasteiger charge is -2.28. The van der Waals surface area contributed by atoms with E-state index in [0.717, 1.165) is 0 Å². The van der Waals surface area contributed by atoms with Gasteiger partial charge in [0.15, 0.2) is 0 Å². The van der Waals surface area contributed by atoms with Gasteiger partial charge in [-0.2, -0.15) is 0 Å². The predicted octanol–water partition coefficient (Wildman–Crippen LogP) is 1.51. The molecule has 0 bridgehead atoms. The molecule has 1 fully saturated rings. The van der Waals surface area contributed by atoms with Gasteiger partial charge in [0.25, 0.3) is 0 Å². The van der Waals surface area contributed by atoms with Crippen molar-refractivity contribution in [2.75, 3.05) is 0 Å². The number of ether oxygens (including phenoxy) is 1. The highest BCUT2D eigenvalue weighted by atomic mass is 28.1. The third kappa shape index (κ3) is 2.60. The van der Waals surface area contributed by atoms with Gasteiger partial charge in [-0.05, 0) is 32.7 Å². The molecular weight excluding hydrogens is 152 g/mol. The molecule has 1 unspecified atom stereocenters. The van der Waals surface area contributed by atoms with Crippen LogP contribution in [0.5, 0.6) is 0 Å². The average molecular weight is 172 g/mol. The van der Waals surface area contributed by atoms with Crippen LogP contribution in [0.1, 0.15) is 39.5 Å². The molecule has 0 aromatic rings. The molecule has 0 aromatic heterocycles. The van der Waals surface area contributed by atoms with E-state index in [-0.39, 0.29) is 5.60 Å². The maximum atomic E-state index is 5.98. The first kappa shape index (κ1) is 9.27. The van der Waals surface area contributed by atoms with Gasteiger partial charge in [-0.1, -0.05) is 12.8 Å². The summed E-state index contributed by atoms with van der Waals surface area (Å²) in [7, 11) is 1.27. The Morgan fingerprint density at radius 1 is 1.45 bits per heavy atom. The monoisotopic (exact) mass is 172 g/mol. The molecule has 1 aliphatic carbocycles. The zero-order valence-corrected chi connectivity index (χ0v) is 10.0. The van der Waals surface area contributed by atoms with Crippen LogP contribution in [0.4, 0.5) is 0 Å². The van der Waals surface area contributed by atoms with Crippen molar-refractivity contribution in [3.8, 4) is 0 Å². The zero-order chi connectivity index (χ0) is 8.32. The van der Waals surface area contributed by atoms with Crippen LogP contribution in [0, 0.1) is 0 Å². The van der Waals surface area contributed by atoms with Crippen molar-refractivity contribution in [1.29, 1.82) is 0 Å². The first-order valence-corrected chi connectivity index (χ1v) is 6.25. The zero-order valence-electron chi connectivity index (χ0n) is 8.02. The second kappa shape index (κ2) is 3.72. The van der Waals surface area contributed by atoms with E-state index >= 15 is 0 Å². The molecule has 0 aliphatic heterocycles. The van der Waals surface area contributed by atoms with Gasteiger partial charge in [0, 0.05) is 10.2 Å². The van der Waals surface area contributed by atoms with Crippen molar-refractivity contribution < 1.29 is 4.74 Å². The summed E-state index contributed by atoms with van der Waals surface area (Å²) in [6.45, 7) is 4.48. The maximum Gasteiger partial charge on any atom is 0.0658 e. The summed E-state index contributed by atoms with van der Waals surface area (Å²) >= 11 is 0. The van der Waals surface area contributed by atoms with Gasteiger partial charge in [0.2, 0.25) is 0 Å². The lowest BCUT2D eigenvalue weighted by molar-refractivity contribution is -0.0625. The maximum absolute atomic E-state index is 5.98. The molecule has 0 spiro atoms. The lowest BCUT2D eigenvalue weighted by Crippen LogP contribution is -2.29. The van der Waals surface area contributed by atoms with Crippen LogP contribution in [-0.4, -0.2) is 21.9 Å². The normalized spacial score (nSPS) is 25.6. The fourth-order valence-corrected chi connectivity index (χ4v) is 1.98. The molecule has 0 radical (unpaired) electrons. The summed E-state index contributed by atoms with van der Waals surface area (Å²) in [6.07, 6.45) is 5.79. The summed E-state index contributed by atoms with van der Waals surface area (Å²) in [5.41, 5.74) is 0.240. The molecule has 0 aromatic carbocycles. The molecule has 1 rings (SSSR count). The summed E-state index contributed by atoms with van der Waals surface area (Å²) in [5, 5.41) is 0. The molecule has 2 heteroatoms.